The molecule has 0 radical (unpaired) electrons. The minimum Gasteiger partial charge on any atom is -0.496 e. The Morgan fingerprint density at radius 2 is 2.10 bits per heavy atom. The Kier molecular flexibility index (Phi) is 3.84. The van der Waals surface area contributed by atoms with Crippen LogP contribution in [0.5, 0.6) is 5.75 Å². The first kappa shape index (κ1) is 13.9. The summed E-state index contributed by atoms with van der Waals surface area (Å²) < 4.78 is 12.0. The molecule has 3 aromatic rings. The average molecular weight is 347 g/mol. The maximum absolute atomic E-state index is 5.86. The first-order chi connectivity index (χ1) is 10.2. The predicted molar refractivity (Wildman–Crippen MR) is 87.9 cm³/mol. The van der Waals surface area contributed by atoms with Crippen molar-refractivity contribution in [1.29, 1.82) is 0 Å². The van der Waals surface area contributed by atoms with E-state index in [1.54, 1.807) is 7.11 Å². The smallest absolute Gasteiger partial charge is 0.227 e. The van der Waals surface area contributed by atoms with E-state index in [-0.39, 0.29) is 0 Å². The van der Waals surface area contributed by atoms with Gasteiger partial charge in [-0.15, -0.1) is 0 Å². The molecule has 0 fully saturated rings. The number of oxazole rings is 1. The van der Waals surface area contributed by atoms with Crippen molar-refractivity contribution in [3.05, 3.63) is 40.9 Å². The molecule has 21 heavy (non-hydrogen) atoms. The van der Waals surface area contributed by atoms with Gasteiger partial charge in [0.15, 0.2) is 5.58 Å². The van der Waals surface area contributed by atoms with E-state index < -0.39 is 0 Å². The Hall–Kier alpha value is -2.01. The fourth-order valence-corrected chi connectivity index (χ4v) is 2.70. The molecule has 4 nitrogen and oxygen atoms in total. The standard InChI is InChI=1S/C16H15BrN2O2/c1-3-18-11-5-6-13-15(9-11)21-16(19-13)10-4-7-14(20-2)12(17)8-10/h4-9,18H,3H2,1-2H3. The second-order valence-corrected chi connectivity index (χ2v) is 5.44. The molecule has 1 heterocycles. The number of anilines is 1. The summed E-state index contributed by atoms with van der Waals surface area (Å²) in [7, 11) is 1.64. The molecule has 1 aromatic heterocycles. The third kappa shape index (κ3) is 2.74. The first-order valence-electron chi connectivity index (χ1n) is 6.69. The lowest BCUT2D eigenvalue weighted by atomic mass is 10.2. The fourth-order valence-electron chi connectivity index (χ4n) is 2.16. The minimum atomic E-state index is 0.599. The Morgan fingerprint density at radius 1 is 1.24 bits per heavy atom. The van der Waals surface area contributed by atoms with E-state index in [0.717, 1.165) is 39.1 Å². The lowest BCUT2D eigenvalue weighted by Crippen LogP contribution is -1.95. The highest BCUT2D eigenvalue weighted by Crippen LogP contribution is 2.32. The van der Waals surface area contributed by atoms with E-state index in [9.17, 15) is 0 Å². The van der Waals surface area contributed by atoms with Gasteiger partial charge in [0, 0.05) is 23.9 Å². The molecule has 0 spiro atoms. The number of rotatable bonds is 4. The molecule has 0 aliphatic heterocycles. The molecular formula is C16H15BrN2O2. The lowest BCUT2D eigenvalue weighted by molar-refractivity contribution is 0.412. The van der Waals surface area contributed by atoms with Crippen LogP contribution in [-0.2, 0) is 0 Å². The van der Waals surface area contributed by atoms with E-state index in [0.29, 0.717) is 5.89 Å². The monoisotopic (exact) mass is 346 g/mol. The molecule has 0 bridgehead atoms. The molecule has 0 saturated heterocycles. The zero-order chi connectivity index (χ0) is 14.8. The molecule has 0 amide bonds. The van der Waals surface area contributed by atoms with Crippen molar-refractivity contribution in [3.8, 4) is 17.2 Å². The van der Waals surface area contributed by atoms with Gasteiger partial charge in [0.05, 0.1) is 11.6 Å². The first-order valence-corrected chi connectivity index (χ1v) is 7.49. The maximum Gasteiger partial charge on any atom is 0.227 e. The van der Waals surface area contributed by atoms with Gasteiger partial charge in [0.25, 0.3) is 0 Å². The zero-order valence-corrected chi connectivity index (χ0v) is 13.4. The predicted octanol–water partition coefficient (Wildman–Crippen LogP) is 4.70. The quantitative estimate of drug-likeness (QED) is 0.743. The molecule has 0 aliphatic carbocycles. The molecule has 0 aliphatic rings. The van der Waals surface area contributed by atoms with Crippen molar-refractivity contribution in [2.75, 3.05) is 19.0 Å². The third-order valence-corrected chi connectivity index (χ3v) is 3.79. The van der Waals surface area contributed by atoms with Crippen LogP contribution in [0.4, 0.5) is 5.69 Å². The average Bonchev–Trinajstić information content (AvgIpc) is 2.90. The minimum absolute atomic E-state index is 0.599. The van der Waals surface area contributed by atoms with Crippen molar-refractivity contribution in [2.24, 2.45) is 0 Å². The summed E-state index contributed by atoms with van der Waals surface area (Å²) in [5.41, 5.74) is 3.56. The van der Waals surface area contributed by atoms with Crippen LogP contribution in [0, 0.1) is 0 Å². The summed E-state index contributed by atoms with van der Waals surface area (Å²) in [6.07, 6.45) is 0. The topological polar surface area (TPSA) is 47.3 Å². The van der Waals surface area contributed by atoms with Crippen molar-refractivity contribution in [2.45, 2.75) is 6.92 Å². The number of fused-ring (bicyclic) bond motifs is 1. The number of hydrogen-bond acceptors (Lipinski definition) is 4. The van der Waals surface area contributed by atoms with Crippen molar-refractivity contribution in [3.63, 3.8) is 0 Å². The molecule has 3 rings (SSSR count). The molecule has 1 N–H and O–H groups in total. The van der Waals surface area contributed by atoms with Crippen molar-refractivity contribution in [1.82, 2.24) is 4.98 Å². The molecule has 5 heteroatoms. The number of ether oxygens (including phenoxy) is 1. The van der Waals surface area contributed by atoms with E-state index in [1.807, 2.05) is 36.4 Å². The highest BCUT2D eigenvalue weighted by atomic mass is 79.9. The van der Waals surface area contributed by atoms with E-state index in [4.69, 9.17) is 9.15 Å². The summed E-state index contributed by atoms with van der Waals surface area (Å²) in [4.78, 5) is 4.52. The highest BCUT2D eigenvalue weighted by Gasteiger charge is 2.10. The second-order valence-electron chi connectivity index (χ2n) is 4.58. The highest BCUT2D eigenvalue weighted by molar-refractivity contribution is 9.10. The normalized spacial score (nSPS) is 10.8. The molecular weight excluding hydrogens is 332 g/mol. The molecule has 2 aromatic carbocycles. The second kappa shape index (κ2) is 5.77. The summed E-state index contributed by atoms with van der Waals surface area (Å²) in [6.45, 7) is 2.93. The van der Waals surface area contributed by atoms with Gasteiger partial charge in [-0.05, 0) is 53.2 Å². The number of benzene rings is 2. The summed E-state index contributed by atoms with van der Waals surface area (Å²) in [6, 6.07) is 11.7. The van der Waals surface area contributed by atoms with Crippen molar-refractivity contribution >= 4 is 32.7 Å². The van der Waals surface area contributed by atoms with Crippen LogP contribution in [0.15, 0.2) is 45.3 Å². The van der Waals surface area contributed by atoms with Crippen LogP contribution < -0.4 is 10.1 Å². The van der Waals surface area contributed by atoms with Crippen LogP contribution in [-0.4, -0.2) is 18.6 Å². The Balaban J connectivity index is 2.02. The van der Waals surface area contributed by atoms with E-state index >= 15 is 0 Å². The number of aromatic nitrogens is 1. The van der Waals surface area contributed by atoms with Crippen LogP contribution in [0.3, 0.4) is 0 Å². The number of methoxy groups -OCH3 is 1. The lowest BCUT2D eigenvalue weighted by Gasteiger charge is -2.03. The van der Waals surface area contributed by atoms with Gasteiger partial charge in [-0.2, -0.15) is 0 Å². The van der Waals surface area contributed by atoms with Gasteiger partial charge >= 0.3 is 0 Å². The van der Waals surface area contributed by atoms with Crippen LogP contribution >= 0.6 is 15.9 Å². The third-order valence-electron chi connectivity index (χ3n) is 3.17. The number of nitrogens with one attached hydrogen (secondary N) is 1. The Labute approximate surface area is 131 Å². The molecule has 108 valence electrons. The van der Waals surface area contributed by atoms with E-state index in [1.165, 1.54) is 0 Å². The summed E-state index contributed by atoms with van der Waals surface area (Å²) >= 11 is 3.48. The van der Waals surface area contributed by atoms with Gasteiger partial charge in [-0.25, -0.2) is 4.98 Å². The van der Waals surface area contributed by atoms with Gasteiger partial charge in [-0.1, -0.05) is 0 Å². The summed E-state index contributed by atoms with van der Waals surface area (Å²) in [5, 5.41) is 3.26. The zero-order valence-electron chi connectivity index (χ0n) is 11.8. The fraction of sp³-hybridized carbons (Fsp3) is 0.188. The molecule has 0 unspecified atom stereocenters. The number of halogens is 1. The van der Waals surface area contributed by atoms with Gasteiger partial charge < -0.3 is 14.5 Å². The maximum atomic E-state index is 5.86. The van der Waals surface area contributed by atoms with Gasteiger partial charge in [0.1, 0.15) is 11.3 Å². The SMILES string of the molecule is CCNc1ccc2nc(-c3ccc(OC)c(Br)c3)oc2c1. The van der Waals surface area contributed by atoms with Gasteiger partial charge in [-0.3, -0.25) is 0 Å². The van der Waals surface area contributed by atoms with Crippen molar-refractivity contribution < 1.29 is 9.15 Å². The van der Waals surface area contributed by atoms with Crippen LogP contribution in [0.2, 0.25) is 0 Å². The molecule has 0 saturated carbocycles. The summed E-state index contributed by atoms with van der Waals surface area (Å²) in [5.74, 6) is 1.38. The van der Waals surface area contributed by atoms with Gasteiger partial charge in [0.2, 0.25) is 5.89 Å². The van der Waals surface area contributed by atoms with Crippen LogP contribution in [0.1, 0.15) is 6.92 Å². The Bertz CT molecular complexity index is 783. The Morgan fingerprint density at radius 3 is 2.81 bits per heavy atom. The molecule has 0 atom stereocenters. The number of hydrogen-bond donors (Lipinski definition) is 1. The number of nitrogens with zero attached hydrogens (tertiary/aromatic N) is 1. The largest absolute Gasteiger partial charge is 0.496 e. The van der Waals surface area contributed by atoms with Crippen LogP contribution in [0.25, 0.3) is 22.6 Å². The van der Waals surface area contributed by atoms with E-state index in [2.05, 4.69) is 33.2 Å².